The van der Waals surface area contributed by atoms with E-state index in [4.69, 9.17) is 0 Å². The molecule has 0 atom stereocenters. The molecule has 0 bridgehead atoms. The van der Waals surface area contributed by atoms with Crippen molar-refractivity contribution in [2.45, 2.75) is 11.1 Å². The Kier molecular flexibility index (Phi) is 3.65. The third kappa shape index (κ3) is 2.74. The number of benzene rings is 1. The smallest absolute Gasteiger partial charge is 0.210 e. The van der Waals surface area contributed by atoms with Gasteiger partial charge in [-0.25, -0.2) is 13.1 Å². The van der Waals surface area contributed by atoms with Crippen molar-refractivity contribution < 1.29 is 21.6 Å². The quantitative estimate of drug-likeness (QED) is 0.911. The fourth-order valence-corrected chi connectivity index (χ4v) is 2.13. The molecule has 3 nitrogen and oxygen atoms in total. The highest BCUT2D eigenvalue weighted by Crippen LogP contribution is 2.35. The van der Waals surface area contributed by atoms with Crippen LogP contribution in [0.5, 0.6) is 0 Å². The minimum Gasteiger partial charge on any atom is -0.210 e. The van der Waals surface area contributed by atoms with Crippen molar-refractivity contribution in [2.24, 2.45) is 0 Å². The molecule has 0 aliphatic heterocycles. The van der Waals surface area contributed by atoms with Gasteiger partial charge in [0.2, 0.25) is 10.0 Å². The average Bonchev–Trinajstić information content (AvgIpc) is 2.16. The average molecular weight is 317 g/mol. The molecule has 1 rings (SSSR count). The first-order valence-corrected chi connectivity index (χ1v) is 6.12. The molecule has 1 radical (unpaired) electrons. The van der Waals surface area contributed by atoms with Crippen LogP contribution >= 0.6 is 15.9 Å². The summed E-state index contributed by atoms with van der Waals surface area (Å²) < 4.78 is 61.3. The zero-order chi connectivity index (χ0) is 12.6. The van der Waals surface area contributed by atoms with Crippen LogP contribution in [-0.4, -0.2) is 8.42 Å². The van der Waals surface area contributed by atoms with E-state index in [1.54, 1.807) is 4.72 Å². The number of alkyl halides is 3. The summed E-state index contributed by atoms with van der Waals surface area (Å²) in [5, 5.41) is 0. The monoisotopic (exact) mass is 316 g/mol. The molecule has 1 N–H and O–H groups in total. The molecular weight excluding hydrogens is 311 g/mol. The van der Waals surface area contributed by atoms with Crippen LogP contribution in [0.3, 0.4) is 0 Å². The van der Waals surface area contributed by atoms with Gasteiger partial charge < -0.3 is 0 Å². The maximum absolute atomic E-state index is 12.5. The van der Waals surface area contributed by atoms with E-state index in [2.05, 4.69) is 23.0 Å². The van der Waals surface area contributed by atoms with Gasteiger partial charge in [0.15, 0.2) is 0 Å². The fraction of sp³-hybridized carbons (Fsp3) is 0.125. The third-order valence-electron chi connectivity index (χ3n) is 1.74. The molecular formula is C8H6BrF3NO2S. The fourth-order valence-electron chi connectivity index (χ4n) is 0.972. The van der Waals surface area contributed by atoms with E-state index in [1.165, 1.54) is 0 Å². The topological polar surface area (TPSA) is 46.2 Å². The van der Waals surface area contributed by atoms with E-state index in [9.17, 15) is 21.6 Å². The number of rotatable bonds is 2. The molecule has 1 aromatic rings. The van der Waals surface area contributed by atoms with Crippen LogP contribution in [0.15, 0.2) is 27.6 Å². The Bertz CT molecular complexity index is 498. The largest absolute Gasteiger partial charge is 0.417 e. The van der Waals surface area contributed by atoms with Crippen molar-refractivity contribution in [1.82, 2.24) is 4.72 Å². The zero-order valence-electron chi connectivity index (χ0n) is 7.68. The molecule has 1 aromatic carbocycles. The maximum atomic E-state index is 12.5. The van der Waals surface area contributed by atoms with Gasteiger partial charge in [-0.3, -0.25) is 0 Å². The Labute approximate surface area is 98.8 Å². The maximum Gasteiger partial charge on any atom is 0.417 e. The summed E-state index contributed by atoms with van der Waals surface area (Å²) in [4.78, 5) is -0.488. The first kappa shape index (κ1) is 13.5. The van der Waals surface area contributed by atoms with Crippen molar-refractivity contribution in [2.75, 3.05) is 0 Å². The normalized spacial score (nSPS) is 12.8. The first-order valence-electron chi connectivity index (χ1n) is 3.84. The number of nitrogens with one attached hydrogen (secondary N) is 1. The van der Waals surface area contributed by atoms with Crippen LogP contribution in [0.4, 0.5) is 13.2 Å². The van der Waals surface area contributed by atoms with Gasteiger partial charge in [-0.1, -0.05) is 15.9 Å². The summed E-state index contributed by atoms with van der Waals surface area (Å²) in [6, 6.07) is 2.61. The SMILES string of the molecule is [CH2]NS(=O)(=O)c1ccc(Br)c(C(F)(F)F)c1. The predicted molar refractivity (Wildman–Crippen MR) is 54.8 cm³/mol. The van der Waals surface area contributed by atoms with E-state index < -0.39 is 26.7 Å². The summed E-state index contributed by atoms with van der Waals surface area (Å²) in [5.74, 6) is 0. The minimum atomic E-state index is -4.62. The van der Waals surface area contributed by atoms with Gasteiger partial charge in [-0.05, 0) is 18.2 Å². The Balaban J connectivity index is 3.40. The Hall–Kier alpha value is -0.600. The molecule has 0 spiro atoms. The second-order valence-corrected chi connectivity index (χ2v) is 5.41. The molecule has 89 valence electrons. The highest BCUT2D eigenvalue weighted by molar-refractivity contribution is 9.10. The number of hydrogen-bond donors (Lipinski definition) is 1. The van der Waals surface area contributed by atoms with Crippen LogP contribution in [0, 0.1) is 7.05 Å². The van der Waals surface area contributed by atoms with Gasteiger partial charge in [-0.15, -0.1) is 0 Å². The van der Waals surface area contributed by atoms with Crippen LogP contribution in [-0.2, 0) is 16.2 Å². The molecule has 0 aliphatic carbocycles. The zero-order valence-corrected chi connectivity index (χ0v) is 10.1. The van der Waals surface area contributed by atoms with E-state index in [1.807, 2.05) is 0 Å². The predicted octanol–water partition coefficient (Wildman–Crippen LogP) is 2.54. The van der Waals surface area contributed by atoms with Crippen LogP contribution in [0.1, 0.15) is 5.56 Å². The summed E-state index contributed by atoms with van der Waals surface area (Å²) in [5.41, 5.74) is -1.05. The Morgan fingerprint density at radius 2 is 1.88 bits per heavy atom. The van der Waals surface area contributed by atoms with Crippen molar-refractivity contribution in [1.29, 1.82) is 0 Å². The van der Waals surface area contributed by atoms with Gasteiger partial charge >= 0.3 is 6.18 Å². The van der Waals surface area contributed by atoms with Crippen molar-refractivity contribution in [3.05, 3.63) is 35.3 Å². The molecule has 16 heavy (non-hydrogen) atoms. The lowest BCUT2D eigenvalue weighted by Gasteiger charge is -2.10. The summed E-state index contributed by atoms with van der Waals surface area (Å²) in [7, 11) is -1.06. The molecule has 0 heterocycles. The Morgan fingerprint density at radius 1 is 1.31 bits per heavy atom. The number of sulfonamides is 1. The van der Waals surface area contributed by atoms with E-state index in [-0.39, 0.29) is 4.47 Å². The second-order valence-electron chi connectivity index (χ2n) is 2.79. The van der Waals surface area contributed by atoms with Crippen LogP contribution in [0.2, 0.25) is 0 Å². The van der Waals surface area contributed by atoms with Gasteiger partial charge in [0, 0.05) is 11.5 Å². The molecule has 0 unspecified atom stereocenters. The van der Waals surface area contributed by atoms with Crippen molar-refractivity contribution in [3.8, 4) is 0 Å². The van der Waals surface area contributed by atoms with E-state index in [0.29, 0.717) is 6.07 Å². The summed E-state index contributed by atoms with van der Waals surface area (Å²) >= 11 is 2.70. The molecule has 0 aliphatic rings. The van der Waals surface area contributed by atoms with Crippen molar-refractivity contribution >= 4 is 26.0 Å². The van der Waals surface area contributed by atoms with Gasteiger partial charge in [-0.2, -0.15) is 13.2 Å². The standard InChI is InChI=1S/C8H6BrF3NO2S/c1-13-16(14,15)5-2-3-7(9)6(4-5)8(10,11)12/h2-4,13H,1H2. The van der Waals surface area contributed by atoms with Gasteiger partial charge in [0.25, 0.3) is 0 Å². The minimum absolute atomic E-state index is 0.219. The molecule has 0 amide bonds. The van der Waals surface area contributed by atoms with Crippen molar-refractivity contribution in [3.63, 3.8) is 0 Å². The summed E-state index contributed by atoms with van der Waals surface area (Å²) in [6.45, 7) is 0. The highest BCUT2D eigenvalue weighted by Gasteiger charge is 2.34. The number of halogens is 4. The molecule has 8 heteroatoms. The molecule has 0 fully saturated rings. The molecule has 0 aromatic heterocycles. The van der Waals surface area contributed by atoms with E-state index in [0.717, 1.165) is 12.1 Å². The number of hydrogen-bond acceptors (Lipinski definition) is 2. The molecule has 0 saturated carbocycles. The van der Waals surface area contributed by atoms with Crippen LogP contribution < -0.4 is 4.72 Å². The lowest BCUT2D eigenvalue weighted by Crippen LogP contribution is -2.17. The van der Waals surface area contributed by atoms with Gasteiger partial charge in [0.05, 0.1) is 10.5 Å². The first-order chi connectivity index (χ1) is 7.18. The third-order valence-corrected chi connectivity index (χ3v) is 3.69. The van der Waals surface area contributed by atoms with Crippen LogP contribution in [0.25, 0.3) is 0 Å². The lowest BCUT2D eigenvalue weighted by molar-refractivity contribution is -0.138. The van der Waals surface area contributed by atoms with E-state index >= 15 is 0 Å². The second kappa shape index (κ2) is 4.34. The van der Waals surface area contributed by atoms with Gasteiger partial charge in [0.1, 0.15) is 0 Å². The summed E-state index contributed by atoms with van der Waals surface area (Å²) in [6.07, 6.45) is -4.62. The molecule has 0 saturated heterocycles. The Morgan fingerprint density at radius 3 is 2.31 bits per heavy atom. The lowest BCUT2D eigenvalue weighted by atomic mass is 10.2. The highest BCUT2D eigenvalue weighted by atomic mass is 79.9.